The number of phenols is 1. The summed E-state index contributed by atoms with van der Waals surface area (Å²) in [7, 11) is 0. The molecule has 108 valence electrons. The number of imidazole rings is 1. The number of benzene rings is 2. The van der Waals surface area contributed by atoms with E-state index in [0.717, 1.165) is 6.42 Å². The number of rotatable bonds is 3. The Morgan fingerprint density at radius 2 is 2.00 bits per heavy atom. The molecule has 2 aromatic carbocycles. The molecular formula is C16H14F2N2O. The SMILES string of the molecule is CCCn1c(-c2c(O)cccc2F)nc2ccc(F)cc21. The minimum absolute atomic E-state index is 0.0440. The van der Waals surface area contributed by atoms with E-state index in [1.54, 1.807) is 10.6 Å². The predicted molar refractivity (Wildman–Crippen MR) is 77.0 cm³/mol. The maximum atomic E-state index is 14.1. The van der Waals surface area contributed by atoms with E-state index in [2.05, 4.69) is 4.98 Å². The molecule has 0 fully saturated rings. The van der Waals surface area contributed by atoms with Crippen molar-refractivity contribution in [3.8, 4) is 17.1 Å². The lowest BCUT2D eigenvalue weighted by Crippen LogP contribution is -2.01. The van der Waals surface area contributed by atoms with Crippen LogP contribution in [0, 0.1) is 11.6 Å². The Balaban J connectivity index is 2.34. The van der Waals surface area contributed by atoms with Gasteiger partial charge in [-0.3, -0.25) is 0 Å². The number of phenolic OH excluding ortho intramolecular Hbond substituents is 1. The first kappa shape index (κ1) is 13.5. The maximum absolute atomic E-state index is 14.1. The van der Waals surface area contributed by atoms with Crippen molar-refractivity contribution in [2.75, 3.05) is 0 Å². The van der Waals surface area contributed by atoms with Crippen molar-refractivity contribution in [1.82, 2.24) is 9.55 Å². The molecule has 3 nitrogen and oxygen atoms in total. The molecule has 0 unspecified atom stereocenters. The van der Waals surface area contributed by atoms with Gasteiger partial charge in [0.2, 0.25) is 0 Å². The molecule has 0 aliphatic heterocycles. The minimum Gasteiger partial charge on any atom is -0.507 e. The van der Waals surface area contributed by atoms with Crippen LogP contribution in [0.4, 0.5) is 8.78 Å². The number of fused-ring (bicyclic) bond motifs is 1. The molecule has 3 aromatic rings. The average molecular weight is 288 g/mol. The lowest BCUT2D eigenvalue weighted by molar-refractivity contribution is 0.470. The highest BCUT2D eigenvalue weighted by molar-refractivity contribution is 5.82. The third-order valence-corrected chi connectivity index (χ3v) is 3.37. The smallest absolute Gasteiger partial charge is 0.147 e. The zero-order chi connectivity index (χ0) is 15.0. The maximum Gasteiger partial charge on any atom is 0.147 e. The molecule has 0 atom stereocenters. The second-order valence-electron chi connectivity index (χ2n) is 4.85. The second kappa shape index (κ2) is 5.16. The van der Waals surface area contributed by atoms with Crippen LogP contribution in [-0.2, 0) is 6.54 Å². The Bertz CT molecular complexity index is 791. The van der Waals surface area contributed by atoms with Crippen molar-refractivity contribution in [3.63, 3.8) is 0 Å². The summed E-state index contributed by atoms with van der Waals surface area (Å²) in [6, 6.07) is 8.36. The normalized spacial score (nSPS) is 11.2. The van der Waals surface area contributed by atoms with Crippen LogP contribution in [0.5, 0.6) is 5.75 Å². The van der Waals surface area contributed by atoms with Gasteiger partial charge in [0.05, 0.1) is 16.6 Å². The van der Waals surface area contributed by atoms with Crippen molar-refractivity contribution in [1.29, 1.82) is 0 Å². The third-order valence-electron chi connectivity index (χ3n) is 3.37. The van der Waals surface area contributed by atoms with E-state index in [9.17, 15) is 13.9 Å². The van der Waals surface area contributed by atoms with Gasteiger partial charge in [-0.1, -0.05) is 13.0 Å². The summed E-state index contributed by atoms with van der Waals surface area (Å²) in [4.78, 5) is 4.36. The largest absolute Gasteiger partial charge is 0.507 e. The van der Waals surface area contributed by atoms with Gasteiger partial charge in [-0.05, 0) is 36.8 Å². The molecule has 0 amide bonds. The number of aryl methyl sites for hydroxylation is 1. The van der Waals surface area contributed by atoms with Crippen molar-refractivity contribution < 1.29 is 13.9 Å². The fourth-order valence-corrected chi connectivity index (χ4v) is 2.47. The monoisotopic (exact) mass is 288 g/mol. The zero-order valence-electron chi connectivity index (χ0n) is 11.5. The molecule has 21 heavy (non-hydrogen) atoms. The minimum atomic E-state index is -0.553. The van der Waals surface area contributed by atoms with Gasteiger partial charge < -0.3 is 9.67 Å². The molecule has 1 N–H and O–H groups in total. The summed E-state index contributed by atoms with van der Waals surface area (Å²) in [5, 5.41) is 9.95. The Morgan fingerprint density at radius 3 is 2.71 bits per heavy atom. The number of halogens is 2. The molecule has 0 saturated heterocycles. The molecule has 0 aliphatic rings. The van der Waals surface area contributed by atoms with Crippen LogP contribution in [0.25, 0.3) is 22.4 Å². The highest BCUT2D eigenvalue weighted by Gasteiger charge is 2.19. The van der Waals surface area contributed by atoms with Crippen LogP contribution < -0.4 is 0 Å². The summed E-state index contributed by atoms with van der Waals surface area (Å²) in [6.07, 6.45) is 0.782. The first-order valence-corrected chi connectivity index (χ1v) is 6.75. The predicted octanol–water partition coefficient (Wildman–Crippen LogP) is 4.10. The first-order valence-electron chi connectivity index (χ1n) is 6.75. The molecule has 0 radical (unpaired) electrons. The highest BCUT2D eigenvalue weighted by Crippen LogP contribution is 2.33. The Labute approximate surface area is 120 Å². The van der Waals surface area contributed by atoms with Crippen LogP contribution in [0.15, 0.2) is 36.4 Å². The first-order chi connectivity index (χ1) is 10.1. The van der Waals surface area contributed by atoms with Crippen molar-refractivity contribution >= 4 is 11.0 Å². The number of aromatic nitrogens is 2. The molecule has 0 bridgehead atoms. The van der Waals surface area contributed by atoms with Gasteiger partial charge in [-0.25, -0.2) is 13.8 Å². The van der Waals surface area contributed by atoms with E-state index >= 15 is 0 Å². The van der Waals surface area contributed by atoms with E-state index in [-0.39, 0.29) is 17.1 Å². The van der Waals surface area contributed by atoms with Gasteiger partial charge in [0.1, 0.15) is 23.2 Å². The fraction of sp³-hybridized carbons (Fsp3) is 0.188. The van der Waals surface area contributed by atoms with Crippen LogP contribution >= 0.6 is 0 Å². The molecule has 0 aliphatic carbocycles. The Hall–Kier alpha value is -2.43. The summed E-state index contributed by atoms with van der Waals surface area (Å²) in [6.45, 7) is 2.53. The number of hydrogen-bond donors (Lipinski definition) is 1. The zero-order valence-corrected chi connectivity index (χ0v) is 11.5. The lowest BCUT2D eigenvalue weighted by atomic mass is 10.1. The summed E-state index contributed by atoms with van der Waals surface area (Å²) in [5.41, 5.74) is 1.21. The van der Waals surface area contributed by atoms with Crippen LogP contribution in [0.1, 0.15) is 13.3 Å². The molecule has 0 saturated carbocycles. The highest BCUT2D eigenvalue weighted by atomic mass is 19.1. The number of nitrogens with zero attached hydrogens (tertiary/aromatic N) is 2. The van der Waals surface area contributed by atoms with Gasteiger partial charge in [-0.2, -0.15) is 0 Å². The summed E-state index contributed by atoms with van der Waals surface area (Å²) in [5.74, 6) is -0.789. The molecule has 5 heteroatoms. The second-order valence-corrected chi connectivity index (χ2v) is 4.85. The van der Waals surface area contributed by atoms with Crippen molar-refractivity contribution in [2.45, 2.75) is 19.9 Å². The topological polar surface area (TPSA) is 38.0 Å². The van der Waals surface area contributed by atoms with Crippen LogP contribution in [0.3, 0.4) is 0 Å². The van der Waals surface area contributed by atoms with E-state index in [0.29, 0.717) is 23.4 Å². The third kappa shape index (κ3) is 2.24. The summed E-state index contributed by atoms with van der Waals surface area (Å²) >= 11 is 0. The van der Waals surface area contributed by atoms with Gasteiger partial charge in [0.15, 0.2) is 0 Å². The Kier molecular flexibility index (Phi) is 3.33. The fourth-order valence-electron chi connectivity index (χ4n) is 2.47. The van der Waals surface area contributed by atoms with Crippen LogP contribution in [-0.4, -0.2) is 14.7 Å². The molecular weight excluding hydrogens is 274 g/mol. The van der Waals surface area contributed by atoms with Gasteiger partial charge >= 0.3 is 0 Å². The molecule has 1 heterocycles. The quantitative estimate of drug-likeness (QED) is 0.788. The van der Waals surface area contributed by atoms with Crippen molar-refractivity contribution in [2.24, 2.45) is 0 Å². The standard InChI is InChI=1S/C16H14F2N2O/c1-2-8-20-13-9-10(17)6-7-12(13)19-16(20)15-11(18)4-3-5-14(15)21/h3-7,9,21H,2,8H2,1H3. The lowest BCUT2D eigenvalue weighted by Gasteiger charge is -2.10. The van der Waals surface area contributed by atoms with Gasteiger partial charge in [0.25, 0.3) is 0 Å². The number of hydrogen-bond acceptors (Lipinski definition) is 2. The molecule has 0 spiro atoms. The average Bonchev–Trinajstić information content (AvgIpc) is 2.78. The van der Waals surface area contributed by atoms with Crippen molar-refractivity contribution in [3.05, 3.63) is 48.0 Å². The van der Waals surface area contributed by atoms with E-state index < -0.39 is 5.82 Å². The summed E-state index contributed by atoms with van der Waals surface area (Å²) < 4.78 is 29.3. The van der Waals surface area contributed by atoms with E-state index in [1.165, 1.54) is 30.3 Å². The molecule has 1 aromatic heterocycles. The van der Waals surface area contributed by atoms with E-state index in [1.807, 2.05) is 6.92 Å². The number of aromatic hydroxyl groups is 1. The van der Waals surface area contributed by atoms with Gasteiger partial charge in [-0.15, -0.1) is 0 Å². The van der Waals surface area contributed by atoms with Crippen LogP contribution in [0.2, 0.25) is 0 Å². The molecule has 3 rings (SSSR count). The Morgan fingerprint density at radius 1 is 1.19 bits per heavy atom. The van der Waals surface area contributed by atoms with E-state index in [4.69, 9.17) is 0 Å². The van der Waals surface area contributed by atoms with Gasteiger partial charge in [0, 0.05) is 6.54 Å².